The van der Waals surface area contributed by atoms with Gasteiger partial charge in [0.15, 0.2) is 0 Å². The SMILES string of the molecule is CC(C)c1cnn(C)c1/C=C/c1cc(C(=O)O)ccn1. The molecule has 20 heavy (non-hydrogen) atoms. The van der Waals surface area contributed by atoms with Crippen LogP contribution in [0.3, 0.4) is 0 Å². The fraction of sp³-hybridized carbons (Fsp3) is 0.267. The summed E-state index contributed by atoms with van der Waals surface area (Å²) in [6, 6.07) is 3.02. The van der Waals surface area contributed by atoms with Gasteiger partial charge in [-0.25, -0.2) is 4.79 Å². The van der Waals surface area contributed by atoms with Crippen LogP contribution in [0.1, 0.15) is 47.1 Å². The molecule has 2 aromatic rings. The Labute approximate surface area is 117 Å². The van der Waals surface area contributed by atoms with Gasteiger partial charge in [-0.2, -0.15) is 5.10 Å². The third-order valence-electron chi connectivity index (χ3n) is 3.08. The molecule has 2 heterocycles. The number of hydrogen-bond donors (Lipinski definition) is 1. The fourth-order valence-corrected chi connectivity index (χ4v) is 1.95. The molecule has 5 heteroatoms. The van der Waals surface area contributed by atoms with Crippen molar-refractivity contribution in [2.24, 2.45) is 7.05 Å². The molecule has 2 aromatic heterocycles. The molecule has 0 aliphatic carbocycles. The number of rotatable bonds is 4. The lowest BCUT2D eigenvalue weighted by atomic mass is 10.0. The molecule has 0 saturated heterocycles. The molecule has 0 aromatic carbocycles. The molecule has 0 aliphatic heterocycles. The Balaban J connectivity index is 2.32. The molecule has 0 fully saturated rings. The summed E-state index contributed by atoms with van der Waals surface area (Å²) in [4.78, 5) is 15.1. The lowest BCUT2D eigenvalue weighted by molar-refractivity contribution is 0.0696. The van der Waals surface area contributed by atoms with Crippen molar-refractivity contribution in [3.8, 4) is 0 Å². The van der Waals surface area contributed by atoms with Gasteiger partial charge < -0.3 is 5.11 Å². The average Bonchev–Trinajstić information content (AvgIpc) is 2.78. The first-order chi connectivity index (χ1) is 9.49. The molecule has 0 amide bonds. The quantitative estimate of drug-likeness (QED) is 0.928. The van der Waals surface area contributed by atoms with E-state index >= 15 is 0 Å². The molecule has 0 radical (unpaired) electrons. The van der Waals surface area contributed by atoms with Crippen molar-refractivity contribution in [3.05, 3.63) is 47.0 Å². The second-order valence-electron chi connectivity index (χ2n) is 4.87. The first-order valence-corrected chi connectivity index (χ1v) is 6.38. The maximum atomic E-state index is 10.9. The molecule has 1 N–H and O–H groups in total. The number of carbonyl (C=O) groups is 1. The van der Waals surface area contributed by atoms with E-state index in [0.29, 0.717) is 11.6 Å². The van der Waals surface area contributed by atoms with Crippen LogP contribution in [-0.4, -0.2) is 25.8 Å². The second kappa shape index (κ2) is 5.69. The molecule has 0 aliphatic rings. The second-order valence-corrected chi connectivity index (χ2v) is 4.87. The lowest BCUT2D eigenvalue weighted by Crippen LogP contribution is -1.98. The predicted octanol–water partition coefficient (Wildman–Crippen LogP) is 2.81. The first kappa shape index (κ1) is 14.0. The van der Waals surface area contributed by atoms with Gasteiger partial charge in [0.25, 0.3) is 0 Å². The van der Waals surface area contributed by atoms with E-state index < -0.39 is 5.97 Å². The summed E-state index contributed by atoms with van der Waals surface area (Å²) >= 11 is 0. The van der Waals surface area contributed by atoms with Gasteiger partial charge >= 0.3 is 5.97 Å². The molecular formula is C15H17N3O2. The number of aromatic carboxylic acids is 1. The molecule has 2 rings (SSSR count). The monoisotopic (exact) mass is 271 g/mol. The molecule has 0 unspecified atom stereocenters. The minimum Gasteiger partial charge on any atom is -0.478 e. The van der Waals surface area contributed by atoms with Gasteiger partial charge in [-0.1, -0.05) is 13.8 Å². The van der Waals surface area contributed by atoms with Crippen molar-refractivity contribution in [2.45, 2.75) is 19.8 Å². The number of hydrogen-bond acceptors (Lipinski definition) is 3. The van der Waals surface area contributed by atoms with Gasteiger partial charge in [0, 0.05) is 13.2 Å². The number of carboxylic acid groups (broad SMARTS) is 1. The highest BCUT2D eigenvalue weighted by molar-refractivity contribution is 5.88. The highest BCUT2D eigenvalue weighted by atomic mass is 16.4. The lowest BCUT2D eigenvalue weighted by Gasteiger charge is -2.04. The summed E-state index contributed by atoms with van der Waals surface area (Å²) < 4.78 is 1.80. The van der Waals surface area contributed by atoms with E-state index in [0.717, 1.165) is 11.3 Å². The number of nitrogens with zero attached hydrogens (tertiary/aromatic N) is 3. The normalized spacial score (nSPS) is 11.4. The molecule has 0 atom stereocenters. The maximum absolute atomic E-state index is 10.9. The standard InChI is InChI=1S/C15H17N3O2/c1-10(2)13-9-17-18(3)14(13)5-4-12-8-11(15(19)20)6-7-16-12/h4-10H,1-3H3,(H,19,20)/b5-4+. The number of aromatic nitrogens is 3. The molecule has 5 nitrogen and oxygen atoms in total. The number of aryl methyl sites for hydroxylation is 1. The summed E-state index contributed by atoms with van der Waals surface area (Å²) in [5.74, 6) is -0.577. The third-order valence-corrected chi connectivity index (χ3v) is 3.08. The Bertz CT molecular complexity index is 657. The summed E-state index contributed by atoms with van der Waals surface area (Å²) in [6.07, 6.45) is 7.06. The van der Waals surface area contributed by atoms with Crippen molar-refractivity contribution < 1.29 is 9.90 Å². The van der Waals surface area contributed by atoms with E-state index in [9.17, 15) is 4.79 Å². The summed E-state index contributed by atoms with van der Waals surface area (Å²) in [5, 5.41) is 13.2. The molecule has 0 saturated carbocycles. The molecule has 0 spiro atoms. The fourth-order valence-electron chi connectivity index (χ4n) is 1.95. The van der Waals surface area contributed by atoms with E-state index in [1.54, 1.807) is 16.8 Å². The van der Waals surface area contributed by atoms with E-state index in [1.165, 1.54) is 12.3 Å². The van der Waals surface area contributed by atoms with Crippen LogP contribution in [0.25, 0.3) is 12.2 Å². The summed E-state index contributed by atoms with van der Waals surface area (Å²) in [5.41, 5.74) is 3.00. The Morgan fingerprint density at radius 2 is 2.15 bits per heavy atom. The van der Waals surface area contributed by atoms with Crippen molar-refractivity contribution in [1.29, 1.82) is 0 Å². The number of carboxylic acids is 1. The van der Waals surface area contributed by atoms with E-state index in [-0.39, 0.29) is 5.56 Å². The zero-order valence-corrected chi connectivity index (χ0v) is 11.7. The summed E-state index contributed by atoms with van der Waals surface area (Å²) in [7, 11) is 1.88. The van der Waals surface area contributed by atoms with E-state index in [2.05, 4.69) is 23.9 Å². The Hall–Kier alpha value is -2.43. The van der Waals surface area contributed by atoms with Gasteiger partial charge in [0.05, 0.1) is 23.1 Å². The van der Waals surface area contributed by atoms with Gasteiger partial charge in [-0.05, 0) is 35.8 Å². The van der Waals surface area contributed by atoms with Crippen molar-refractivity contribution in [1.82, 2.24) is 14.8 Å². The van der Waals surface area contributed by atoms with Crippen molar-refractivity contribution >= 4 is 18.1 Å². The van der Waals surface area contributed by atoms with Crippen LogP contribution in [0.5, 0.6) is 0 Å². The highest BCUT2D eigenvalue weighted by Crippen LogP contribution is 2.20. The van der Waals surface area contributed by atoms with Crippen LogP contribution in [0.15, 0.2) is 24.5 Å². The Morgan fingerprint density at radius 3 is 2.80 bits per heavy atom. The Kier molecular flexibility index (Phi) is 3.98. The maximum Gasteiger partial charge on any atom is 0.335 e. The molecule has 0 bridgehead atoms. The summed E-state index contributed by atoms with van der Waals surface area (Å²) in [6.45, 7) is 4.22. The Morgan fingerprint density at radius 1 is 1.40 bits per heavy atom. The highest BCUT2D eigenvalue weighted by Gasteiger charge is 2.09. The number of pyridine rings is 1. The van der Waals surface area contributed by atoms with Gasteiger partial charge in [-0.3, -0.25) is 9.67 Å². The topological polar surface area (TPSA) is 68.0 Å². The zero-order valence-electron chi connectivity index (χ0n) is 11.7. The van der Waals surface area contributed by atoms with Gasteiger partial charge in [-0.15, -0.1) is 0 Å². The minimum absolute atomic E-state index is 0.230. The predicted molar refractivity (Wildman–Crippen MR) is 77.4 cm³/mol. The molecular weight excluding hydrogens is 254 g/mol. The minimum atomic E-state index is -0.953. The van der Waals surface area contributed by atoms with Crippen LogP contribution >= 0.6 is 0 Å². The van der Waals surface area contributed by atoms with Crippen molar-refractivity contribution in [3.63, 3.8) is 0 Å². The first-order valence-electron chi connectivity index (χ1n) is 6.38. The average molecular weight is 271 g/mol. The van der Waals surface area contributed by atoms with Gasteiger partial charge in [0.2, 0.25) is 0 Å². The van der Waals surface area contributed by atoms with Crippen LogP contribution in [0, 0.1) is 0 Å². The van der Waals surface area contributed by atoms with Crippen LogP contribution in [0.4, 0.5) is 0 Å². The van der Waals surface area contributed by atoms with Crippen molar-refractivity contribution in [2.75, 3.05) is 0 Å². The third kappa shape index (κ3) is 2.93. The largest absolute Gasteiger partial charge is 0.478 e. The smallest absolute Gasteiger partial charge is 0.335 e. The van der Waals surface area contributed by atoms with Gasteiger partial charge in [0.1, 0.15) is 0 Å². The van der Waals surface area contributed by atoms with E-state index in [4.69, 9.17) is 5.11 Å². The molecule has 104 valence electrons. The van der Waals surface area contributed by atoms with E-state index in [1.807, 2.05) is 19.3 Å². The van der Waals surface area contributed by atoms with Crippen LogP contribution in [0.2, 0.25) is 0 Å². The zero-order chi connectivity index (χ0) is 14.7. The van der Waals surface area contributed by atoms with Crippen LogP contribution < -0.4 is 0 Å². The van der Waals surface area contributed by atoms with Crippen LogP contribution in [-0.2, 0) is 7.05 Å².